The smallest absolute Gasteiger partial charge is 0.224 e. The molecule has 4 nitrogen and oxygen atoms in total. The molecule has 1 heterocycles. The van der Waals surface area contributed by atoms with Gasteiger partial charge in [-0.3, -0.25) is 0 Å². The second-order valence-electron chi connectivity index (χ2n) is 7.24. The van der Waals surface area contributed by atoms with Crippen LogP contribution < -0.4 is 10.6 Å². The first kappa shape index (κ1) is 13.6. The Bertz CT molecular complexity index is 510. The minimum atomic E-state index is 0.232. The lowest BCUT2D eigenvalue weighted by atomic mass is 9.53. The molecule has 0 spiro atoms. The summed E-state index contributed by atoms with van der Waals surface area (Å²) in [6, 6.07) is 0. The molecular weight excluding hydrogens is 284 g/mol. The number of nitrogens with one attached hydrogen (secondary N) is 2. The second-order valence-corrected chi connectivity index (χ2v) is 7.65. The van der Waals surface area contributed by atoms with Gasteiger partial charge in [0.1, 0.15) is 5.02 Å². The van der Waals surface area contributed by atoms with Crippen LogP contribution >= 0.6 is 11.6 Å². The molecule has 4 aliphatic carbocycles. The Labute approximate surface area is 131 Å². The second kappa shape index (κ2) is 5.01. The van der Waals surface area contributed by atoms with Gasteiger partial charge in [0, 0.05) is 12.1 Å². The summed E-state index contributed by atoms with van der Waals surface area (Å²) in [5.41, 5.74) is 0.232. The van der Waals surface area contributed by atoms with Crippen LogP contribution in [-0.2, 0) is 0 Å². The van der Waals surface area contributed by atoms with Gasteiger partial charge in [0.2, 0.25) is 5.95 Å². The van der Waals surface area contributed by atoms with E-state index in [1.807, 2.05) is 6.92 Å². The number of anilines is 2. The number of nitrogens with zero attached hydrogens (tertiary/aromatic N) is 2. The van der Waals surface area contributed by atoms with Crippen molar-refractivity contribution >= 4 is 23.4 Å². The molecule has 21 heavy (non-hydrogen) atoms. The van der Waals surface area contributed by atoms with Crippen molar-refractivity contribution in [2.45, 2.75) is 51.0 Å². The average molecular weight is 307 g/mol. The zero-order valence-electron chi connectivity index (χ0n) is 12.5. The van der Waals surface area contributed by atoms with Crippen LogP contribution in [0.25, 0.3) is 0 Å². The maximum Gasteiger partial charge on any atom is 0.224 e. The van der Waals surface area contributed by atoms with Gasteiger partial charge in [-0.1, -0.05) is 11.6 Å². The van der Waals surface area contributed by atoms with Gasteiger partial charge < -0.3 is 10.6 Å². The molecule has 4 saturated carbocycles. The first-order valence-corrected chi connectivity index (χ1v) is 8.58. The van der Waals surface area contributed by atoms with Crippen molar-refractivity contribution in [3.63, 3.8) is 0 Å². The highest BCUT2D eigenvalue weighted by molar-refractivity contribution is 6.32. The lowest BCUT2D eigenvalue weighted by Crippen LogP contribution is -2.54. The Morgan fingerprint density at radius 1 is 1.19 bits per heavy atom. The molecule has 0 radical (unpaired) electrons. The summed E-state index contributed by atoms with van der Waals surface area (Å²) in [6.45, 7) is 2.86. The third-order valence-corrected chi connectivity index (χ3v) is 5.78. The quantitative estimate of drug-likeness (QED) is 0.884. The number of aromatic nitrogens is 2. The van der Waals surface area contributed by atoms with Crippen molar-refractivity contribution in [1.29, 1.82) is 0 Å². The molecule has 0 aromatic carbocycles. The van der Waals surface area contributed by atoms with Crippen molar-refractivity contribution in [3.05, 3.63) is 11.2 Å². The van der Waals surface area contributed by atoms with Gasteiger partial charge in [-0.25, -0.2) is 4.98 Å². The van der Waals surface area contributed by atoms with Crippen molar-refractivity contribution in [2.24, 2.45) is 17.8 Å². The van der Waals surface area contributed by atoms with Crippen LogP contribution in [0.1, 0.15) is 45.4 Å². The predicted molar refractivity (Wildman–Crippen MR) is 85.7 cm³/mol. The van der Waals surface area contributed by atoms with E-state index in [9.17, 15) is 0 Å². The molecule has 114 valence electrons. The molecule has 2 N–H and O–H groups in total. The van der Waals surface area contributed by atoms with Crippen LogP contribution in [0.4, 0.5) is 11.8 Å². The van der Waals surface area contributed by atoms with E-state index in [-0.39, 0.29) is 5.54 Å². The Hall–Kier alpha value is -1.03. The number of rotatable bonds is 4. The zero-order chi connectivity index (χ0) is 14.4. The van der Waals surface area contributed by atoms with E-state index in [1.165, 1.54) is 38.5 Å². The topological polar surface area (TPSA) is 49.8 Å². The third-order valence-electron chi connectivity index (χ3n) is 5.50. The summed E-state index contributed by atoms with van der Waals surface area (Å²) in [6.07, 6.45) is 9.90. The van der Waals surface area contributed by atoms with Crippen LogP contribution in [0, 0.1) is 17.8 Å². The minimum Gasteiger partial charge on any atom is -0.363 e. The van der Waals surface area contributed by atoms with Gasteiger partial charge >= 0.3 is 0 Å². The largest absolute Gasteiger partial charge is 0.363 e. The van der Waals surface area contributed by atoms with Crippen molar-refractivity contribution in [2.75, 3.05) is 17.2 Å². The van der Waals surface area contributed by atoms with E-state index < -0.39 is 0 Å². The highest BCUT2D eigenvalue weighted by Crippen LogP contribution is 2.56. The normalized spacial score (nSPS) is 36.8. The van der Waals surface area contributed by atoms with E-state index in [2.05, 4.69) is 20.6 Å². The highest BCUT2D eigenvalue weighted by Gasteiger charge is 2.51. The van der Waals surface area contributed by atoms with Crippen molar-refractivity contribution in [3.8, 4) is 0 Å². The standard InChI is InChI=1S/C16H23ClN4/c1-2-18-15-19-9-13(17)14(20-15)21-16-6-10-3-11(7-16)5-12(4-10)8-16/h9-12H,2-8H2,1H3,(H2,18,19,20,21). The van der Waals surface area contributed by atoms with Gasteiger partial charge in [0.15, 0.2) is 5.82 Å². The molecule has 5 heteroatoms. The molecule has 0 atom stereocenters. The molecule has 4 fully saturated rings. The third kappa shape index (κ3) is 2.48. The molecule has 0 aliphatic heterocycles. The Morgan fingerprint density at radius 3 is 2.38 bits per heavy atom. The maximum absolute atomic E-state index is 6.32. The van der Waals surface area contributed by atoms with E-state index >= 15 is 0 Å². The van der Waals surface area contributed by atoms with Crippen LogP contribution in [0.15, 0.2) is 6.20 Å². The lowest BCUT2D eigenvalue weighted by molar-refractivity contribution is 0.0105. The minimum absolute atomic E-state index is 0.232. The number of halogens is 1. The summed E-state index contributed by atoms with van der Waals surface area (Å²) < 4.78 is 0. The molecule has 5 rings (SSSR count). The van der Waals surface area contributed by atoms with Gasteiger partial charge in [-0.2, -0.15) is 4.98 Å². The predicted octanol–water partition coefficient (Wildman–Crippen LogP) is 3.94. The highest BCUT2D eigenvalue weighted by atomic mass is 35.5. The Balaban J connectivity index is 1.59. The van der Waals surface area contributed by atoms with Gasteiger partial charge in [-0.05, 0) is 63.2 Å². The van der Waals surface area contributed by atoms with Crippen molar-refractivity contribution < 1.29 is 0 Å². The van der Waals surface area contributed by atoms with E-state index in [4.69, 9.17) is 11.6 Å². The molecule has 0 saturated heterocycles. The SMILES string of the molecule is CCNc1ncc(Cl)c(NC23CC4CC(CC(C4)C2)C3)n1. The molecule has 1 aromatic heterocycles. The zero-order valence-corrected chi connectivity index (χ0v) is 13.3. The van der Waals surface area contributed by atoms with E-state index in [0.29, 0.717) is 11.0 Å². The number of hydrogen-bond acceptors (Lipinski definition) is 4. The summed E-state index contributed by atoms with van der Waals surface area (Å²) in [4.78, 5) is 8.80. The van der Waals surface area contributed by atoms with Gasteiger partial charge in [0.25, 0.3) is 0 Å². The van der Waals surface area contributed by atoms with Gasteiger partial charge in [0.05, 0.1) is 6.20 Å². The first-order valence-electron chi connectivity index (χ1n) is 8.20. The fourth-order valence-electron chi connectivity index (χ4n) is 5.21. The molecule has 1 aromatic rings. The monoisotopic (exact) mass is 306 g/mol. The van der Waals surface area contributed by atoms with Crippen LogP contribution in [-0.4, -0.2) is 22.1 Å². The van der Waals surface area contributed by atoms with Crippen LogP contribution in [0.3, 0.4) is 0 Å². The Morgan fingerprint density at radius 2 is 1.81 bits per heavy atom. The molecule has 0 unspecified atom stereocenters. The van der Waals surface area contributed by atoms with Crippen LogP contribution in [0.5, 0.6) is 0 Å². The molecular formula is C16H23ClN4. The summed E-state index contributed by atoms with van der Waals surface area (Å²) in [5.74, 6) is 4.21. The Kier molecular flexibility index (Phi) is 3.25. The maximum atomic E-state index is 6.32. The van der Waals surface area contributed by atoms with Crippen LogP contribution in [0.2, 0.25) is 5.02 Å². The first-order chi connectivity index (χ1) is 10.2. The summed E-state index contributed by atoms with van der Waals surface area (Å²) in [7, 11) is 0. The average Bonchev–Trinajstić information content (AvgIpc) is 2.41. The van der Waals surface area contributed by atoms with E-state index in [1.54, 1.807) is 6.20 Å². The molecule has 4 aliphatic rings. The lowest BCUT2D eigenvalue weighted by Gasteiger charge is -2.57. The number of hydrogen-bond donors (Lipinski definition) is 2. The fourth-order valence-corrected chi connectivity index (χ4v) is 5.35. The van der Waals surface area contributed by atoms with E-state index in [0.717, 1.165) is 30.1 Å². The fraction of sp³-hybridized carbons (Fsp3) is 0.750. The molecule has 0 amide bonds. The molecule has 4 bridgehead atoms. The van der Waals surface area contributed by atoms with Crippen molar-refractivity contribution in [1.82, 2.24) is 9.97 Å². The van der Waals surface area contributed by atoms with Gasteiger partial charge in [-0.15, -0.1) is 0 Å². The summed E-state index contributed by atoms with van der Waals surface area (Å²) >= 11 is 6.32. The summed E-state index contributed by atoms with van der Waals surface area (Å²) in [5, 5.41) is 7.52.